The highest BCUT2D eigenvalue weighted by atomic mass is 32.1. The number of rotatable bonds is 4. The van der Waals surface area contributed by atoms with Crippen LogP contribution in [0.4, 0.5) is 5.82 Å². The quantitative estimate of drug-likeness (QED) is 0.748. The van der Waals surface area contributed by atoms with E-state index in [1.165, 1.54) is 43.7 Å². The van der Waals surface area contributed by atoms with Gasteiger partial charge in [0.05, 0.1) is 11.5 Å². The number of thiophene rings is 1. The van der Waals surface area contributed by atoms with Gasteiger partial charge in [0.15, 0.2) is 12.1 Å². The predicted octanol–water partition coefficient (Wildman–Crippen LogP) is 4.61. The minimum absolute atomic E-state index is 0.235. The second-order valence-electron chi connectivity index (χ2n) is 7.42. The van der Waals surface area contributed by atoms with Gasteiger partial charge in [0.1, 0.15) is 10.6 Å². The van der Waals surface area contributed by atoms with E-state index in [2.05, 4.69) is 41.1 Å². The summed E-state index contributed by atoms with van der Waals surface area (Å²) in [5, 5.41) is 6.37. The lowest BCUT2D eigenvalue weighted by Gasteiger charge is -2.14. The molecule has 1 aliphatic carbocycles. The van der Waals surface area contributed by atoms with Gasteiger partial charge in [0.2, 0.25) is 0 Å². The summed E-state index contributed by atoms with van der Waals surface area (Å²) < 4.78 is 5.37. The van der Waals surface area contributed by atoms with Gasteiger partial charge in [-0.05, 0) is 63.7 Å². The Bertz CT molecular complexity index is 715. The molecule has 2 atom stereocenters. The number of methoxy groups -OCH3 is 1. The van der Waals surface area contributed by atoms with Crippen LogP contribution >= 0.6 is 11.3 Å². The van der Waals surface area contributed by atoms with Crippen molar-refractivity contribution < 1.29 is 9.53 Å². The van der Waals surface area contributed by atoms with Gasteiger partial charge in [-0.1, -0.05) is 20.3 Å². The molecular formula is C21H34N4O2S. The third kappa shape index (κ3) is 6.79. The summed E-state index contributed by atoms with van der Waals surface area (Å²) in [6, 6.07) is 2.34. The molecule has 1 aliphatic heterocycles. The number of nitrogens with one attached hydrogen (secondary N) is 1. The Labute approximate surface area is 172 Å². The molecule has 1 saturated carbocycles. The molecule has 2 aromatic heterocycles. The van der Waals surface area contributed by atoms with Gasteiger partial charge < -0.3 is 15.0 Å². The molecule has 1 N–H and O–H groups in total. The second-order valence-corrected chi connectivity index (χ2v) is 8.31. The van der Waals surface area contributed by atoms with E-state index in [0.717, 1.165) is 35.3 Å². The van der Waals surface area contributed by atoms with Gasteiger partial charge in [0.25, 0.3) is 0 Å². The van der Waals surface area contributed by atoms with Crippen LogP contribution in [0, 0.1) is 0 Å². The molecule has 2 fully saturated rings. The van der Waals surface area contributed by atoms with Crippen molar-refractivity contribution in [1.29, 1.82) is 0 Å². The minimum Gasteiger partial charge on any atom is -0.381 e. The molecule has 2 aliphatic rings. The molecule has 6 nitrogen and oxygen atoms in total. The van der Waals surface area contributed by atoms with Crippen molar-refractivity contribution >= 4 is 33.7 Å². The fourth-order valence-corrected chi connectivity index (χ4v) is 4.16. The van der Waals surface area contributed by atoms with Crippen molar-refractivity contribution in [3.05, 3.63) is 17.3 Å². The van der Waals surface area contributed by atoms with Gasteiger partial charge in [-0.15, -0.1) is 11.3 Å². The standard InChI is InChI=1S/C13H15N3O2S.C5H11N.C3H8/c1-18-9-3-2-8(6-9)14-12-10-4-5-19-13(10)16-11(7-17)15-12;1-6-4-2-3-5-6;1-3-2/h4-5,7-9H,2-3,6H2,1H3,(H,14,15,16);2-5H2,1H3;3H2,1-2H3. The molecule has 4 rings (SSSR count). The molecule has 0 spiro atoms. The zero-order chi connectivity index (χ0) is 20.4. The number of carbonyl (C=O) groups is 1. The van der Waals surface area contributed by atoms with Crippen LogP contribution < -0.4 is 5.32 Å². The van der Waals surface area contributed by atoms with E-state index >= 15 is 0 Å². The van der Waals surface area contributed by atoms with Gasteiger partial charge in [-0.2, -0.15) is 0 Å². The number of fused-ring (bicyclic) bond motifs is 1. The maximum absolute atomic E-state index is 10.9. The number of aromatic nitrogens is 2. The van der Waals surface area contributed by atoms with Crippen LogP contribution in [0.1, 0.15) is 63.0 Å². The van der Waals surface area contributed by atoms with Crippen molar-refractivity contribution in [2.75, 3.05) is 32.6 Å². The first kappa shape index (κ1) is 22.7. The van der Waals surface area contributed by atoms with Crippen LogP contribution in [0.5, 0.6) is 0 Å². The molecule has 1 saturated heterocycles. The van der Waals surface area contributed by atoms with E-state index in [4.69, 9.17) is 4.74 Å². The first-order valence-corrected chi connectivity index (χ1v) is 11.2. The minimum atomic E-state index is 0.235. The lowest BCUT2D eigenvalue weighted by Crippen LogP contribution is -2.18. The molecule has 0 amide bonds. The molecule has 2 aromatic rings. The van der Waals surface area contributed by atoms with Crippen LogP contribution in [0.2, 0.25) is 0 Å². The molecule has 28 heavy (non-hydrogen) atoms. The van der Waals surface area contributed by atoms with E-state index < -0.39 is 0 Å². The average Bonchev–Trinajstić information content (AvgIpc) is 3.44. The summed E-state index contributed by atoms with van der Waals surface area (Å²) >= 11 is 1.52. The number of ether oxygens (including phenoxy) is 1. The van der Waals surface area contributed by atoms with Gasteiger partial charge in [0, 0.05) is 13.2 Å². The highest BCUT2D eigenvalue weighted by Crippen LogP contribution is 2.29. The smallest absolute Gasteiger partial charge is 0.196 e. The molecular weight excluding hydrogens is 372 g/mol. The third-order valence-corrected chi connectivity index (χ3v) is 5.64. The molecule has 2 unspecified atom stereocenters. The predicted molar refractivity (Wildman–Crippen MR) is 118 cm³/mol. The van der Waals surface area contributed by atoms with Gasteiger partial charge >= 0.3 is 0 Å². The van der Waals surface area contributed by atoms with Crippen molar-refractivity contribution in [2.45, 2.75) is 64.5 Å². The number of carbonyl (C=O) groups excluding carboxylic acids is 1. The monoisotopic (exact) mass is 406 g/mol. The second kappa shape index (κ2) is 12.1. The molecule has 0 bridgehead atoms. The normalized spacial score (nSPS) is 21.6. The van der Waals surface area contributed by atoms with Crippen LogP contribution in [0.25, 0.3) is 10.2 Å². The number of nitrogens with zero attached hydrogens (tertiary/aromatic N) is 3. The summed E-state index contributed by atoms with van der Waals surface area (Å²) in [6.07, 6.45) is 8.19. The fourth-order valence-electron chi connectivity index (χ4n) is 3.39. The van der Waals surface area contributed by atoms with E-state index in [1.807, 2.05) is 11.4 Å². The Hall–Kier alpha value is -1.57. The van der Waals surface area contributed by atoms with Crippen molar-refractivity contribution in [3.8, 4) is 0 Å². The average molecular weight is 407 g/mol. The van der Waals surface area contributed by atoms with Gasteiger partial charge in [-0.3, -0.25) is 4.79 Å². The lowest BCUT2D eigenvalue weighted by atomic mass is 10.2. The maximum atomic E-state index is 10.9. The van der Waals surface area contributed by atoms with Crippen LogP contribution in [-0.2, 0) is 4.74 Å². The van der Waals surface area contributed by atoms with E-state index in [-0.39, 0.29) is 5.82 Å². The Kier molecular flexibility index (Phi) is 9.81. The zero-order valence-corrected chi connectivity index (χ0v) is 18.4. The van der Waals surface area contributed by atoms with E-state index in [1.54, 1.807) is 7.11 Å². The number of aldehydes is 1. The van der Waals surface area contributed by atoms with E-state index in [9.17, 15) is 4.79 Å². The first-order valence-electron chi connectivity index (χ1n) is 10.3. The molecule has 0 aromatic carbocycles. The summed E-state index contributed by atoms with van der Waals surface area (Å²) in [5.41, 5.74) is 0. The molecule has 156 valence electrons. The maximum Gasteiger partial charge on any atom is 0.196 e. The largest absolute Gasteiger partial charge is 0.381 e. The SMILES string of the molecule is CCC.CN1CCCC1.COC1CCC(Nc2nc(C=O)nc3sccc23)C1. The van der Waals surface area contributed by atoms with Crippen LogP contribution in [0.15, 0.2) is 11.4 Å². The van der Waals surface area contributed by atoms with Crippen LogP contribution in [-0.4, -0.2) is 60.5 Å². The Balaban J connectivity index is 0.000000260. The van der Waals surface area contributed by atoms with Crippen LogP contribution in [0.3, 0.4) is 0 Å². The Morgan fingerprint density at radius 2 is 2.00 bits per heavy atom. The summed E-state index contributed by atoms with van der Waals surface area (Å²) in [6.45, 7) is 6.89. The van der Waals surface area contributed by atoms with E-state index in [0.29, 0.717) is 18.4 Å². The first-order chi connectivity index (χ1) is 13.6. The summed E-state index contributed by atoms with van der Waals surface area (Å²) in [4.78, 5) is 22.6. The molecule has 0 radical (unpaired) electrons. The lowest BCUT2D eigenvalue weighted by molar-refractivity contribution is 0.108. The van der Waals surface area contributed by atoms with Crippen molar-refractivity contribution in [1.82, 2.24) is 14.9 Å². The Morgan fingerprint density at radius 3 is 2.54 bits per heavy atom. The summed E-state index contributed by atoms with van der Waals surface area (Å²) in [7, 11) is 3.92. The highest BCUT2D eigenvalue weighted by Gasteiger charge is 2.25. The number of likely N-dealkylation sites (tertiary alicyclic amines) is 1. The number of anilines is 1. The Morgan fingerprint density at radius 1 is 1.29 bits per heavy atom. The topological polar surface area (TPSA) is 67.3 Å². The summed E-state index contributed by atoms with van der Waals surface area (Å²) in [5.74, 6) is 0.994. The van der Waals surface area contributed by atoms with Gasteiger partial charge in [-0.25, -0.2) is 9.97 Å². The zero-order valence-electron chi connectivity index (χ0n) is 17.6. The van der Waals surface area contributed by atoms with Crippen molar-refractivity contribution in [2.24, 2.45) is 0 Å². The fraction of sp³-hybridized carbons (Fsp3) is 0.667. The molecule has 7 heteroatoms. The molecule has 3 heterocycles. The number of hydrogen-bond acceptors (Lipinski definition) is 7. The highest BCUT2D eigenvalue weighted by molar-refractivity contribution is 7.16. The third-order valence-electron chi connectivity index (χ3n) is 4.84. The number of hydrogen-bond donors (Lipinski definition) is 1. The van der Waals surface area contributed by atoms with Crippen molar-refractivity contribution in [3.63, 3.8) is 0 Å².